The first kappa shape index (κ1) is 21.2. The van der Waals surface area contributed by atoms with Crippen molar-refractivity contribution in [2.45, 2.75) is 6.18 Å². The van der Waals surface area contributed by atoms with Crippen LogP contribution in [0.25, 0.3) is 11.1 Å². The largest absolute Gasteiger partial charge is 0.416 e. The Morgan fingerprint density at radius 2 is 1.50 bits per heavy atom. The minimum atomic E-state index is -4.56. The third kappa shape index (κ3) is 5.30. The van der Waals surface area contributed by atoms with Gasteiger partial charge in [-0.2, -0.15) is 18.7 Å². The van der Waals surface area contributed by atoms with Crippen LogP contribution in [0.5, 0.6) is 5.75 Å². The summed E-state index contributed by atoms with van der Waals surface area (Å²) in [5.41, 5.74) is 3.05. The second kappa shape index (κ2) is 8.87. The van der Waals surface area contributed by atoms with Crippen molar-refractivity contribution in [2.75, 3.05) is 0 Å². The number of nitrogens with one attached hydrogen (secondary N) is 2. The van der Waals surface area contributed by atoms with E-state index in [0.717, 1.165) is 23.3 Å². The van der Waals surface area contributed by atoms with Crippen LogP contribution < -0.4 is 15.6 Å². The predicted molar refractivity (Wildman–Crippen MR) is 105 cm³/mol. The van der Waals surface area contributed by atoms with E-state index in [4.69, 9.17) is 16.4 Å². The van der Waals surface area contributed by atoms with Crippen LogP contribution in [0.1, 0.15) is 15.9 Å². The standard InChI is InChI=1S/C21H14ClF3N2O3/c22-17-12-16(21(23,24)25)10-11-18(17)30-27-20(29)26-19(28)15-8-6-14(7-9-15)13-4-2-1-3-5-13/h1-12H,(H2,26,27,28,29). The number of halogens is 4. The molecule has 0 fully saturated rings. The van der Waals surface area contributed by atoms with E-state index in [9.17, 15) is 22.8 Å². The molecule has 5 nitrogen and oxygen atoms in total. The lowest BCUT2D eigenvalue weighted by molar-refractivity contribution is -0.137. The number of hydroxylamine groups is 1. The zero-order valence-electron chi connectivity index (χ0n) is 15.2. The number of rotatable bonds is 4. The highest BCUT2D eigenvalue weighted by molar-refractivity contribution is 6.32. The van der Waals surface area contributed by atoms with Crippen LogP contribution in [0.2, 0.25) is 5.02 Å². The molecule has 0 spiro atoms. The molecule has 0 aliphatic rings. The van der Waals surface area contributed by atoms with Gasteiger partial charge in [0.2, 0.25) is 0 Å². The molecule has 3 amide bonds. The van der Waals surface area contributed by atoms with Crippen LogP contribution in [0, 0.1) is 0 Å². The van der Waals surface area contributed by atoms with Crippen LogP contribution in [0.3, 0.4) is 0 Å². The van der Waals surface area contributed by atoms with Crippen molar-refractivity contribution >= 4 is 23.5 Å². The highest BCUT2D eigenvalue weighted by atomic mass is 35.5. The number of hydrogen-bond donors (Lipinski definition) is 2. The minimum Gasteiger partial charge on any atom is -0.376 e. The lowest BCUT2D eigenvalue weighted by Gasteiger charge is -2.11. The van der Waals surface area contributed by atoms with Crippen molar-refractivity contribution in [3.8, 4) is 16.9 Å². The van der Waals surface area contributed by atoms with Gasteiger partial charge in [0.1, 0.15) is 0 Å². The van der Waals surface area contributed by atoms with Crippen LogP contribution in [0.15, 0.2) is 72.8 Å². The Hall–Kier alpha value is -3.52. The van der Waals surface area contributed by atoms with Crippen molar-refractivity contribution in [3.05, 3.63) is 88.9 Å². The molecule has 3 rings (SSSR count). The van der Waals surface area contributed by atoms with E-state index in [1.54, 1.807) is 24.3 Å². The van der Waals surface area contributed by atoms with Gasteiger partial charge in [-0.1, -0.05) is 54.1 Å². The molecule has 0 radical (unpaired) electrons. The van der Waals surface area contributed by atoms with E-state index < -0.39 is 23.7 Å². The Balaban J connectivity index is 1.57. The van der Waals surface area contributed by atoms with Gasteiger partial charge in [-0.15, -0.1) is 0 Å². The highest BCUT2D eigenvalue weighted by Crippen LogP contribution is 2.34. The number of carbonyl (C=O) groups is 2. The summed E-state index contributed by atoms with van der Waals surface area (Å²) in [6.07, 6.45) is -4.56. The first-order valence-corrected chi connectivity index (χ1v) is 8.92. The second-order valence-electron chi connectivity index (χ2n) is 6.07. The molecule has 9 heteroatoms. The lowest BCUT2D eigenvalue weighted by Crippen LogP contribution is -2.41. The molecule has 0 aliphatic heterocycles. The monoisotopic (exact) mass is 434 g/mol. The molecule has 0 atom stereocenters. The van der Waals surface area contributed by atoms with E-state index in [0.29, 0.717) is 6.07 Å². The molecule has 3 aromatic rings. The van der Waals surface area contributed by atoms with Gasteiger partial charge >= 0.3 is 12.2 Å². The molecule has 3 aromatic carbocycles. The zero-order valence-corrected chi connectivity index (χ0v) is 15.9. The Morgan fingerprint density at radius 3 is 2.10 bits per heavy atom. The average molecular weight is 435 g/mol. The van der Waals surface area contributed by atoms with Gasteiger partial charge in [-0.05, 0) is 41.5 Å². The summed E-state index contributed by atoms with van der Waals surface area (Å²) < 4.78 is 37.9. The number of benzene rings is 3. The van der Waals surface area contributed by atoms with Gasteiger partial charge in [-0.25, -0.2) is 4.79 Å². The summed E-state index contributed by atoms with van der Waals surface area (Å²) in [5, 5.41) is 1.69. The lowest BCUT2D eigenvalue weighted by atomic mass is 10.0. The van der Waals surface area contributed by atoms with Crippen molar-refractivity contribution in [1.29, 1.82) is 0 Å². The normalized spacial score (nSPS) is 10.9. The van der Waals surface area contributed by atoms with E-state index in [1.807, 2.05) is 41.1 Å². The molecular formula is C21H14ClF3N2O3. The number of urea groups is 1. The maximum absolute atomic E-state index is 12.6. The van der Waals surface area contributed by atoms with Crippen molar-refractivity contribution in [2.24, 2.45) is 0 Å². The van der Waals surface area contributed by atoms with Crippen molar-refractivity contribution in [1.82, 2.24) is 10.8 Å². The molecule has 0 aliphatic carbocycles. The van der Waals surface area contributed by atoms with Gasteiger partial charge in [0.25, 0.3) is 5.91 Å². The number of carbonyl (C=O) groups excluding carboxylic acids is 2. The number of alkyl halides is 3. The Bertz CT molecular complexity index is 1060. The third-order valence-electron chi connectivity index (χ3n) is 3.99. The molecule has 30 heavy (non-hydrogen) atoms. The van der Waals surface area contributed by atoms with Gasteiger partial charge in [-0.3, -0.25) is 10.1 Å². The maximum Gasteiger partial charge on any atom is 0.416 e. The predicted octanol–water partition coefficient (Wildman–Crippen LogP) is 5.46. The summed E-state index contributed by atoms with van der Waals surface area (Å²) in [6.45, 7) is 0. The summed E-state index contributed by atoms with van der Waals surface area (Å²) in [5.74, 6) is -0.895. The Labute approximate surface area is 174 Å². The summed E-state index contributed by atoms with van der Waals surface area (Å²) in [4.78, 5) is 28.9. The fraction of sp³-hybridized carbons (Fsp3) is 0.0476. The molecule has 2 N–H and O–H groups in total. The Morgan fingerprint density at radius 1 is 0.867 bits per heavy atom. The average Bonchev–Trinajstić information content (AvgIpc) is 2.73. The second-order valence-corrected chi connectivity index (χ2v) is 6.48. The SMILES string of the molecule is O=C(NOc1ccc(C(F)(F)F)cc1Cl)NC(=O)c1ccc(-c2ccccc2)cc1. The molecule has 0 aromatic heterocycles. The fourth-order valence-electron chi connectivity index (χ4n) is 2.51. The van der Waals surface area contributed by atoms with Gasteiger partial charge in [0.05, 0.1) is 10.6 Å². The first-order chi connectivity index (χ1) is 14.2. The molecule has 0 saturated heterocycles. The van der Waals surface area contributed by atoms with E-state index in [-0.39, 0.29) is 16.3 Å². The van der Waals surface area contributed by atoms with E-state index in [2.05, 4.69) is 0 Å². The van der Waals surface area contributed by atoms with Crippen LogP contribution >= 0.6 is 11.6 Å². The van der Waals surface area contributed by atoms with Gasteiger partial charge in [0, 0.05) is 5.56 Å². The topological polar surface area (TPSA) is 67.4 Å². The minimum absolute atomic E-state index is 0.209. The zero-order chi connectivity index (χ0) is 21.7. The fourth-order valence-corrected chi connectivity index (χ4v) is 2.73. The molecular weight excluding hydrogens is 421 g/mol. The van der Waals surface area contributed by atoms with Gasteiger partial charge in [0.15, 0.2) is 5.75 Å². The Kier molecular flexibility index (Phi) is 6.27. The van der Waals surface area contributed by atoms with Crippen LogP contribution in [0.4, 0.5) is 18.0 Å². The molecule has 0 saturated carbocycles. The summed E-state index contributed by atoms with van der Waals surface area (Å²) in [7, 11) is 0. The molecule has 0 bridgehead atoms. The van der Waals surface area contributed by atoms with Crippen molar-refractivity contribution < 1.29 is 27.6 Å². The third-order valence-corrected chi connectivity index (χ3v) is 4.29. The summed E-state index contributed by atoms with van der Waals surface area (Å²) >= 11 is 5.72. The molecule has 0 heterocycles. The number of amides is 3. The van der Waals surface area contributed by atoms with Crippen molar-refractivity contribution in [3.63, 3.8) is 0 Å². The van der Waals surface area contributed by atoms with E-state index in [1.165, 1.54) is 0 Å². The van der Waals surface area contributed by atoms with Gasteiger partial charge < -0.3 is 4.84 Å². The maximum atomic E-state index is 12.6. The quantitative estimate of drug-likeness (QED) is 0.536. The van der Waals surface area contributed by atoms with E-state index >= 15 is 0 Å². The number of hydrogen-bond acceptors (Lipinski definition) is 3. The molecule has 154 valence electrons. The van der Waals surface area contributed by atoms with Crippen LogP contribution in [-0.4, -0.2) is 11.9 Å². The first-order valence-electron chi connectivity index (χ1n) is 8.54. The number of imide groups is 1. The van der Waals surface area contributed by atoms with Crippen LogP contribution in [-0.2, 0) is 6.18 Å². The highest BCUT2D eigenvalue weighted by Gasteiger charge is 2.31. The smallest absolute Gasteiger partial charge is 0.376 e. The molecule has 0 unspecified atom stereocenters. The summed E-state index contributed by atoms with van der Waals surface area (Å²) in [6, 6.07) is 17.5.